The Hall–Kier alpha value is -0.100. The third-order valence-electron chi connectivity index (χ3n) is 2.53. The van der Waals surface area contributed by atoms with Crippen LogP contribution in [-0.4, -0.2) is 0 Å². The van der Waals surface area contributed by atoms with Gasteiger partial charge in [0.25, 0.3) is 0 Å². The number of hydrogen-bond donors (Lipinski definition) is 0. The Balaban J connectivity index is 1.97. The molecule has 0 aliphatic heterocycles. The van der Waals surface area contributed by atoms with Crippen LogP contribution in [-0.2, 0) is 12.8 Å². The highest BCUT2D eigenvalue weighted by atomic mass is 127. The van der Waals surface area contributed by atoms with Crippen molar-refractivity contribution in [3.63, 3.8) is 0 Å². The summed E-state index contributed by atoms with van der Waals surface area (Å²) in [6.45, 7) is 0. The van der Waals surface area contributed by atoms with Gasteiger partial charge in [0.2, 0.25) is 0 Å². The van der Waals surface area contributed by atoms with E-state index in [1.54, 1.807) is 0 Å². The summed E-state index contributed by atoms with van der Waals surface area (Å²) in [4.78, 5) is 0. The Morgan fingerprint density at radius 3 is 1.19 bits per heavy atom. The van der Waals surface area contributed by atoms with Crippen LogP contribution < -0.4 is 0 Å². The average molecular weight is 434 g/mol. The second-order valence-corrected chi connectivity index (χ2v) is 6.24. The second-order valence-electron chi connectivity index (χ2n) is 3.75. The van der Waals surface area contributed by atoms with E-state index in [1.165, 1.54) is 18.3 Å². The fourth-order valence-corrected chi connectivity index (χ4v) is 2.31. The molecule has 2 heteroatoms. The quantitative estimate of drug-likeness (QED) is 0.616. The molecule has 0 amide bonds. The third kappa shape index (κ3) is 3.73. The van der Waals surface area contributed by atoms with Crippen molar-refractivity contribution in [2.75, 3.05) is 0 Å². The molecule has 0 nitrogen and oxygen atoms in total. The van der Waals surface area contributed by atoms with Crippen molar-refractivity contribution in [2.45, 2.75) is 12.8 Å². The minimum Gasteiger partial charge on any atom is -0.0580 e. The Kier molecular flexibility index (Phi) is 4.64. The van der Waals surface area contributed by atoms with Crippen molar-refractivity contribution in [2.24, 2.45) is 0 Å². The Morgan fingerprint density at radius 1 is 0.562 bits per heavy atom. The van der Waals surface area contributed by atoms with Crippen molar-refractivity contribution < 1.29 is 0 Å². The molecule has 0 spiro atoms. The predicted molar refractivity (Wildman–Crippen MR) is 85.7 cm³/mol. The smallest absolute Gasteiger partial charge is 0.0130 e. The lowest BCUT2D eigenvalue weighted by molar-refractivity contribution is 0.959. The van der Waals surface area contributed by atoms with E-state index in [9.17, 15) is 0 Å². The normalized spacial score (nSPS) is 10.4. The molecule has 0 radical (unpaired) electrons. The molecule has 0 heterocycles. The SMILES string of the molecule is Ic1ccc(CCc2ccc(I)cc2)cc1. The summed E-state index contributed by atoms with van der Waals surface area (Å²) in [7, 11) is 0. The molecule has 0 saturated heterocycles. The lowest BCUT2D eigenvalue weighted by Crippen LogP contribution is -1.91. The van der Waals surface area contributed by atoms with Crippen LogP contribution in [0.4, 0.5) is 0 Å². The van der Waals surface area contributed by atoms with E-state index in [0.29, 0.717) is 0 Å². The number of rotatable bonds is 3. The van der Waals surface area contributed by atoms with Crippen LogP contribution in [0.3, 0.4) is 0 Å². The predicted octanol–water partition coefficient (Wildman–Crippen LogP) is 4.68. The fourth-order valence-electron chi connectivity index (χ4n) is 1.59. The highest BCUT2D eigenvalue weighted by molar-refractivity contribution is 14.1. The molecule has 16 heavy (non-hydrogen) atoms. The molecule has 0 N–H and O–H groups in total. The summed E-state index contributed by atoms with van der Waals surface area (Å²) >= 11 is 4.68. The number of benzene rings is 2. The van der Waals surface area contributed by atoms with Crippen LogP contribution in [0.25, 0.3) is 0 Å². The van der Waals surface area contributed by atoms with E-state index in [2.05, 4.69) is 93.7 Å². The van der Waals surface area contributed by atoms with Gasteiger partial charge in [-0.15, -0.1) is 0 Å². The van der Waals surface area contributed by atoms with E-state index in [1.807, 2.05) is 0 Å². The van der Waals surface area contributed by atoms with Gasteiger partial charge in [-0.25, -0.2) is 0 Å². The molecule has 0 aliphatic carbocycles. The van der Waals surface area contributed by atoms with Gasteiger partial charge in [-0.05, 0) is 93.4 Å². The summed E-state index contributed by atoms with van der Waals surface area (Å²) in [5.74, 6) is 0. The van der Waals surface area contributed by atoms with Crippen molar-refractivity contribution in [1.29, 1.82) is 0 Å². The van der Waals surface area contributed by atoms with Gasteiger partial charge in [0, 0.05) is 7.14 Å². The highest BCUT2D eigenvalue weighted by Crippen LogP contribution is 2.12. The van der Waals surface area contributed by atoms with Crippen molar-refractivity contribution >= 4 is 45.2 Å². The molecule has 2 aromatic carbocycles. The Morgan fingerprint density at radius 2 is 0.875 bits per heavy atom. The number of aryl methyl sites for hydroxylation is 2. The van der Waals surface area contributed by atoms with Crippen molar-refractivity contribution in [3.8, 4) is 0 Å². The highest BCUT2D eigenvalue weighted by Gasteiger charge is 1.96. The van der Waals surface area contributed by atoms with Gasteiger partial charge in [-0.3, -0.25) is 0 Å². The van der Waals surface area contributed by atoms with Gasteiger partial charge in [-0.1, -0.05) is 24.3 Å². The first-order valence-corrected chi connectivity index (χ1v) is 7.39. The molecule has 0 fully saturated rings. The molecule has 0 atom stereocenters. The maximum absolute atomic E-state index is 2.34. The van der Waals surface area contributed by atoms with Crippen LogP contribution in [0.1, 0.15) is 11.1 Å². The number of hydrogen-bond acceptors (Lipinski definition) is 0. The zero-order valence-electron chi connectivity index (χ0n) is 8.79. The van der Waals surface area contributed by atoms with Crippen molar-refractivity contribution in [3.05, 3.63) is 66.8 Å². The lowest BCUT2D eigenvalue weighted by atomic mass is 10.0. The van der Waals surface area contributed by atoms with Gasteiger partial charge in [0.15, 0.2) is 0 Å². The molecule has 0 unspecified atom stereocenters. The molecule has 82 valence electrons. The molecular formula is C14H12I2. The van der Waals surface area contributed by atoms with Crippen LogP contribution in [0.5, 0.6) is 0 Å². The second kappa shape index (κ2) is 6.00. The summed E-state index contributed by atoms with van der Waals surface area (Å²) < 4.78 is 2.60. The molecule has 0 bridgehead atoms. The monoisotopic (exact) mass is 434 g/mol. The zero-order valence-corrected chi connectivity index (χ0v) is 13.1. The van der Waals surface area contributed by atoms with E-state index in [-0.39, 0.29) is 0 Å². The average Bonchev–Trinajstić information content (AvgIpc) is 2.30. The van der Waals surface area contributed by atoms with Crippen LogP contribution >= 0.6 is 45.2 Å². The summed E-state index contributed by atoms with van der Waals surface area (Å²) in [5.41, 5.74) is 2.83. The molecule has 0 saturated carbocycles. The topological polar surface area (TPSA) is 0 Å². The first-order chi connectivity index (χ1) is 7.74. The Bertz CT molecular complexity index is 398. The van der Waals surface area contributed by atoms with Gasteiger partial charge in [-0.2, -0.15) is 0 Å². The first kappa shape index (κ1) is 12.4. The van der Waals surface area contributed by atoms with Crippen LogP contribution in [0.15, 0.2) is 48.5 Å². The number of halogens is 2. The van der Waals surface area contributed by atoms with Crippen LogP contribution in [0, 0.1) is 7.14 Å². The summed E-state index contributed by atoms with van der Waals surface area (Å²) in [6.07, 6.45) is 2.25. The first-order valence-electron chi connectivity index (χ1n) is 5.23. The molecule has 2 aromatic rings. The minimum atomic E-state index is 1.12. The Labute approximate surface area is 124 Å². The van der Waals surface area contributed by atoms with E-state index in [0.717, 1.165) is 12.8 Å². The summed E-state index contributed by atoms with van der Waals surface area (Å²) in [5, 5.41) is 0. The van der Waals surface area contributed by atoms with Crippen molar-refractivity contribution in [1.82, 2.24) is 0 Å². The van der Waals surface area contributed by atoms with Crippen LogP contribution in [0.2, 0.25) is 0 Å². The molecular weight excluding hydrogens is 422 g/mol. The molecule has 0 aliphatic rings. The standard InChI is InChI=1S/C14H12I2/c15-13-7-3-11(4-8-13)1-2-12-5-9-14(16)10-6-12/h3-10H,1-2H2. The van der Waals surface area contributed by atoms with Gasteiger partial charge in [0.05, 0.1) is 0 Å². The maximum Gasteiger partial charge on any atom is 0.0130 e. The lowest BCUT2D eigenvalue weighted by Gasteiger charge is -2.02. The maximum atomic E-state index is 2.34. The van der Waals surface area contributed by atoms with Gasteiger partial charge >= 0.3 is 0 Å². The molecule has 2 rings (SSSR count). The molecule has 0 aromatic heterocycles. The van der Waals surface area contributed by atoms with E-state index >= 15 is 0 Å². The zero-order chi connectivity index (χ0) is 11.4. The van der Waals surface area contributed by atoms with E-state index in [4.69, 9.17) is 0 Å². The minimum absolute atomic E-state index is 1.12. The third-order valence-corrected chi connectivity index (χ3v) is 3.97. The van der Waals surface area contributed by atoms with Gasteiger partial charge in [0.1, 0.15) is 0 Å². The fraction of sp³-hybridized carbons (Fsp3) is 0.143. The van der Waals surface area contributed by atoms with E-state index < -0.39 is 0 Å². The summed E-state index contributed by atoms with van der Waals surface area (Å²) in [6, 6.07) is 17.5. The van der Waals surface area contributed by atoms with Gasteiger partial charge < -0.3 is 0 Å². The largest absolute Gasteiger partial charge is 0.0580 e.